The standard InChI is InChI=1S/C14H19BrFN3/c1-17-14(19-12-4-2-3-5-12)18-9-10-8-11(16)6-7-13(10)15/h6-8,12H,2-5,9H2,1H3,(H2,17,18,19). The zero-order chi connectivity index (χ0) is 13.7. The quantitative estimate of drug-likeness (QED) is 0.660. The summed E-state index contributed by atoms with van der Waals surface area (Å²) >= 11 is 3.42. The molecule has 2 rings (SSSR count). The number of hydrogen-bond donors (Lipinski definition) is 2. The van der Waals surface area contributed by atoms with Crippen molar-refractivity contribution in [3.63, 3.8) is 0 Å². The minimum absolute atomic E-state index is 0.223. The van der Waals surface area contributed by atoms with Crippen molar-refractivity contribution in [1.29, 1.82) is 0 Å². The average Bonchev–Trinajstić information content (AvgIpc) is 2.91. The van der Waals surface area contributed by atoms with Crippen LogP contribution in [0.15, 0.2) is 27.7 Å². The van der Waals surface area contributed by atoms with Crippen molar-refractivity contribution < 1.29 is 4.39 Å². The lowest BCUT2D eigenvalue weighted by molar-refractivity contribution is 0.610. The van der Waals surface area contributed by atoms with Gasteiger partial charge in [-0.25, -0.2) is 4.39 Å². The number of guanidine groups is 1. The molecule has 0 aliphatic heterocycles. The zero-order valence-electron chi connectivity index (χ0n) is 11.0. The van der Waals surface area contributed by atoms with Crippen LogP contribution in [0.2, 0.25) is 0 Å². The molecule has 0 spiro atoms. The van der Waals surface area contributed by atoms with E-state index in [0.29, 0.717) is 12.6 Å². The van der Waals surface area contributed by atoms with E-state index in [0.717, 1.165) is 16.0 Å². The fourth-order valence-corrected chi connectivity index (χ4v) is 2.70. The van der Waals surface area contributed by atoms with Crippen LogP contribution in [0.25, 0.3) is 0 Å². The van der Waals surface area contributed by atoms with Crippen LogP contribution in [-0.4, -0.2) is 19.0 Å². The summed E-state index contributed by atoms with van der Waals surface area (Å²) in [4.78, 5) is 4.20. The van der Waals surface area contributed by atoms with E-state index in [-0.39, 0.29) is 5.82 Å². The first-order chi connectivity index (χ1) is 9.19. The molecule has 19 heavy (non-hydrogen) atoms. The highest BCUT2D eigenvalue weighted by molar-refractivity contribution is 9.10. The minimum Gasteiger partial charge on any atom is -0.354 e. The van der Waals surface area contributed by atoms with Crippen LogP contribution >= 0.6 is 15.9 Å². The Kier molecular flexibility index (Phi) is 5.19. The van der Waals surface area contributed by atoms with Crippen molar-refractivity contribution in [3.8, 4) is 0 Å². The van der Waals surface area contributed by atoms with Gasteiger partial charge in [-0.05, 0) is 36.6 Å². The molecular formula is C14H19BrFN3. The summed E-state index contributed by atoms with van der Waals surface area (Å²) in [5, 5.41) is 6.62. The van der Waals surface area contributed by atoms with E-state index in [9.17, 15) is 4.39 Å². The molecule has 0 amide bonds. The summed E-state index contributed by atoms with van der Waals surface area (Å²) in [6, 6.07) is 5.21. The average molecular weight is 328 g/mol. The molecule has 0 radical (unpaired) electrons. The van der Waals surface area contributed by atoms with E-state index >= 15 is 0 Å². The SMILES string of the molecule is CN=C(NCc1cc(F)ccc1Br)NC1CCCC1. The van der Waals surface area contributed by atoms with Gasteiger partial charge in [0.05, 0.1) is 0 Å². The van der Waals surface area contributed by atoms with Crippen LogP contribution in [0.4, 0.5) is 4.39 Å². The number of nitrogens with zero attached hydrogens (tertiary/aromatic N) is 1. The molecule has 1 aliphatic rings. The first-order valence-electron chi connectivity index (χ1n) is 6.60. The van der Waals surface area contributed by atoms with Gasteiger partial charge in [-0.15, -0.1) is 0 Å². The summed E-state index contributed by atoms with van der Waals surface area (Å²) < 4.78 is 14.1. The van der Waals surface area contributed by atoms with Crippen molar-refractivity contribution in [2.75, 3.05) is 7.05 Å². The molecule has 1 fully saturated rings. The second-order valence-electron chi connectivity index (χ2n) is 4.79. The van der Waals surface area contributed by atoms with Gasteiger partial charge in [0.1, 0.15) is 5.82 Å². The van der Waals surface area contributed by atoms with E-state index in [4.69, 9.17) is 0 Å². The Bertz CT molecular complexity index is 456. The summed E-state index contributed by atoms with van der Waals surface area (Å²) in [5.74, 6) is 0.557. The van der Waals surface area contributed by atoms with Gasteiger partial charge < -0.3 is 10.6 Å². The van der Waals surface area contributed by atoms with E-state index in [2.05, 4.69) is 31.6 Å². The number of halogens is 2. The van der Waals surface area contributed by atoms with Gasteiger partial charge in [0.25, 0.3) is 0 Å². The van der Waals surface area contributed by atoms with Gasteiger partial charge >= 0.3 is 0 Å². The van der Waals surface area contributed by atoms with Gasteiger partial charge in [-0.3, -0.25) is 4.99 Å². The molecule has 0 heterocycles. The molecule has 1 aromatic carbocycles. The van der Waals surface area contributed by atoms with Gasteiger partial charge in [0.15, 0.2) is 5.96 Å². The summed E-state index contributed by atoms with van der Waals surface area (Å²) in [6.07, 6.45) is 4.96. The van der Waals surface area contributed by atoms with Crippen LogP contribution in [0.5, 0.6) is 0 Å². The monoisotopic (exact) mass is 327 g/mol. The Morgan fingerprint density at radius 2 is 2.16 bits per heavy atom. The van der Waals surface area contributed by atoms with Crippen molar-refractivity contribution in [1.82, 2.24) is 10.6 Å². The summed E-state index contributed by atoms with van der Waals surface area (Å²) in [7, 11) is 1.75. The highest BCUT2D eigenvalue weighted by atomic mass is 79.9. The van der Waals surface area contributed by atoms with Crippen LogP contribution < -0.4 is 10.6 Å². The van der Waals surface area contributed by atoms with E-state index in [1.165, 1.54) is 37.8 Å². The molecule has 0 unspecified atom stereocenters. The normalized spacial score (nSPS) is 16.7. The molecule has 1 aliphatic carbocycles. The fraction of sp³-hybridized carbons (Fsp3) is 0.500. The second-order valence-corrected chi connectivity index (χ2v) is 5.64. The van der Waals surface area contributed by atoms with Crippen LogP contribution in [0.3, 0.4) is 0 Å². The molecule has 3 nitrogen and oxygen atoms in total. The summed E-state index contributed by atoms with van der Waals surface area (Å²) in [6.45, 7) is 0.546. The Morgan fingerprint density at radius 1 is 1.42 bits per heavy atom. The van der Waals surface area contributed by atoms with Crippen LogP contribution in [-0.2, 0) is 6.54 Å². The fourth-order valence-electron chi connectivity index (χ4n) is 2.32. The topological polar surface area (TPSA) is 36.4 Å². The van der Waals surface area contributed by atoms with Crippen LogP contribution in [0, 0.1) is 5.82 Å². The maximum absolute atomic E-state index is 13.2. The number of aliphatic imine (C=N–C) groups is 1. The minimum atomic E-state index is -0.223. The second kappa shape index (κ2) is 6.89. The van der Waals surface area contributed by atoms with Crippen molar-refractivity contribution in [3.05, 3.63) is 34.1 Å². The van der Waals surface area contributed by atoms with Crippen LogP contribution in [0.1, 0.15) is 31.2 Å². The lowest BCUT2D eigenvalue weighted by Crippen LogP contribution is -2.42. The largest absolute Gasteiger partial charge is 0.354 e. The Morgan fingerprint density at radius 3 is 2.84 bits per heavy atom. The highest BCUT2D eigenvalue weighted by Crippen LogP contribution is 2.18. The molecule has 1 aromatic rings. The molecule has 5 heteroatoms. The Balaban J connectivity index is 1.90. The first kappa shape index (κ1) is 14.3. The lowest BCUT2D eigenvalue weighted by Gasteiger charge is -2.17. The third-order valence-corrected chi connectivity index (χ3v) is 4.15. The number of hydrogen-bond acceptors (Lipinski definition) is 1. The smallest absolute Gasteiger partial charge is 0.191 e. The van der Waals surface area contributed by atoms with E-state index in [1.54, 1.807) is 13.1 Å². The number of rotatable bonds is 3. The van der Waals surface area contributed by atoms with Crippen molar-refractivity contribution in [2.45, 2.75) is 38.3 Å². The van der Waals surface area contributed by atoms with Gasteiger partial charge in [-0.2, -0.15) is 0 Å². The maximum atomic E-state index is 13.2. The predicted octanol–water partition coefficient (Wildman–Crippen LogP) is 3.20. The molecule has 0 aromatic heterocycles. The molecule has 2 N–H and O–H groups in total. The third kappa shape index (κ3) is 4.20. The maximum Gasteiger partial charge on any atom is 0.191 e. The van der Waals surface area contributed by atoms with Gasteiger partial charge in [-0.1, -0.05) is 28.8 Å². The zero-order valence-corrected chi connectivity index (χ0v) is 12.6. The molecule has 104 valence electrons. The Hall–Kier alpha value is -1.10. The lowest BCUT2D eigenvalue weighted by atomic mass is 10.2. The predicted molar refractivity (Wildman–Crippen MR) is 79.7 cm³/mol. The van der Waals surface area contributed by atoms with Crippen molar-refractivity contribution >= 4 is 21.9 Å². The van der Waals surface area contributed by atoms with Gasteiger partial charge in [0, 0.05) is 24.1 Å². The molecule has 0 saturated heterocycles. The van der Waals surface area contributed by atoms with E-state index < -0.39 is 0 Å². The molecule has 1 saturated carbocycles. The van der Waals surface area contributed by atoms with Gasteiger partial charge in [0.2, 0.25) is 0 Å². The highest BCUT2D eigenvalue weighted by Gasteiger charge is 2.15. The molecule has 0 bridgehead atoms. The molecular weight excluding hydrogens is 309 g/mol. The molecule has 0 atom stereocenters. The number of benzene rings is 1. The summed E-state index contributed by atoms with van der Waals surface area (Å²) in [5.41, 5.74) is 0.884. The third-order valence-electron chi connectivity index (χ3n) is 3.37. The first-order valence-corrected chi connectivity index (χ1v) is 7.39. The van der Waals surface area contributed by atoms with E-state index in [1.807, 2.05) is 0 Å². The number of nitrogens with one attached hydrogen (secondary N) is 2. The van der Waals surface area contributed by atoms with Crippen molar-refractivity contribution in [2.24, 2.45) is 4.99 Å². The Labute approximate surface area is 121 Å².